The van der Waals surface area contributed by atoms with E-state index < -0.39 is 37.3 Å². The van der Waals surface area contributed by atoms with Crippen molar-refractivity contribution in [1.29, 1.82) is 0 Å². The average molecular weight is 238 g/mol. The van der Waals surface area contributed by atoms with Crippen LogP contribution in [0, 0.1) is 0 Å². The maximum atomic E-state index is 9.62. The van der Waals surface area contributed by atoms with Crippen molar-refractivity contribution < 1.29 is 35.0 Å². The van der Waals surface area contributed by atoms with E-state index in [-0.39, 0.29) is 13.2 Å². The quantitative estimate of drug-likeness (QED) is 0.328. The third-order valence-corrected chi connectivity index (χ3v) is 2.46. The molecule has 0 aromatic heterocycles. The molecule has 7 nitrogen and oxygen atoms in total. The van der Waals surface area contributed by atoms with E-state index in [1.54, 1.807) is 0 Å². The van der Waals surface area contributed by atoms with Crippen LogP contribution in [0.3, 0.4) is 0 Å². The van der Waals surface area contributed by atoms with Gasteiger partial charge in [0.25, 0.3) is 0 Å². The summed E-state index contributed by atoms with van der Waals surface area (Å²) < 4.78 is 9.95. The van der Waals surface area contributed by atoms with E-state index in [1.165, 1.54) is 0 Å². The molecule has 0 amide bonds. The number of aliphatic hydroxyl groups is 5. The van der Waals surface area contributed by atoms with Crippen molar-refractivity contribution in [2.75, 3.05) is 19.8 Å². The van der Waals surface area contributed by atoms with Crippen molar-refractivity contribution in [1.82, 2.24) is 0 Å². The van der Waals surface area contributed by atoms with Crippen molar-refractivity contribution in [3.63, 3.8) is 0 Å². The first-order valence-corrected chi connectivity index (χ1v) is 5.14. The zero-order valence-electron chi connectivity index (χ0n) is 8.77. The molecule has 1 heterocycles. The van der Waals surface area contributed by atoms with Crippen molar-refractivity contribution in [3.05, 3.63) is 0 Å². The first-order chi connectivity index (χ1) is 7.61. The third-order valence-electron chi connectivity index (χ3n) is 2.46. The van der Waals surface area contributed by atoms with Gasteiger partial charge in [-0.2, -0.15) is 0 Å². The van der Waals surface area contributed by atoms with Gasteiger partial charge in [-0.05, 0) is 6.42 Å². The van der Waals surface area contributed by atoms with Gasteiger partial charge in [0.1, 0.15) is 24.4 Å². The molecule has 1 aliphatic rings. The lowest BCUT2D eigenvalue weighted by Crippen LogP contribution is -2.59. The maximum absolute atomic E-state index is 9.62. The molecule has 0 aromatic rings. The lowest BCUT2D eigenvalue weighted by atomic mass is 9.99. The molecule has 96 valence electrons. The highest BCUT2D eigenvalue weighted by Crippen LogP contribution is 2.22. The summed E-state index contributed by atoms with van der Waals surface area (Å²) in [6.07, 6.45) is -5.80. The second-order valence-corrected chi connectivity index (χ2v) is 3.64. The number of ether oxygens (including phenoxy) is 2. The molecule has 0 saturated carbocycles. The van der Waals surface area contributed by atoms with Crippen molar-refractivity contribution in [2.45, 2.75) is 37.1 Å². The Hall–Kier alpha value is -0.280. The van der Waals surface area contributed by atoms with Gasteiger partial charge >= 0.3 is 0 Å². The average Bonchev–Trinajstić information content (AvgIpc) is 2.28. The van der Waals surface area contributed by atoms with Crippen LogP contribution in [0.15, 0.2) is 0 Å². The minimum atomic E-state index is -1.41. The van der Waals surface area contributed by atoms with E-state index in [4.69, 9.17) is 19.7 Å². The molecule has 1 aliphatic heterocycles. The predicted octanol–water partition coefficient (Wildman–Crippen LogP) is -2.81. The first-order valence-electron chi connectivity index (χ1n) is 5.14. The van der Waals surface area contributed by atoms with Crippen LogP contribution < -0.4 is 0 Å². The van der Waals surface area contributed by atoms with Crippen LogP contribution in [0.5, 0.6) is 0 Å². The summed E-state index contributed by atoms with van der Waals surface area (Å²) in [5.41, 5.74) is 0. The van der Waals surface area contributed by atoms with E-state index in [1.807, 2.05) is 0 Å². The molecule has 0 spiro atoms. The fourth-order valence-electron chi connectivity index (χ4n) is 1.54. The fourth-order valence-corrected chi connectivity index (χ4v) is 1.54. The molecule has 0 aliphatic carbocycles. The summed E-state index contributed by atoms with van der Waals surface area (Å²) in [4.78, 5) is 0. The van der Waals surface area contributed by atoms with Crippen LogP contribution in [0.4, 0.5) is 0 Å². The van der Waals surface area contributed by atoms with Crippen LogP contribution in [0.25, 0.3) is 0 Å². The second kappa shape index (κ2) is 6.45. The summed E-state index contributed by atoms with van der Waals surface area (Å²) in [6.45, 7) is -0.435. The van der Waals surface area contributed by atoms with E-state index in [0.717, 1.165) is 0 Å². The van der Waals surface area contributed by atoms with Crippen LogP contribution in [-0.4, -0.2) is 76.1 Å². The largest absolute Gasteiger partial charge is 0.396 e. The molecule has 0 bridgehead atoms. The standard InChI is InChI=1S/C9H18O7/c10-2-1-3-15-8-7(13)6(12)5(4-11)16-9(8)14/h5-14H,1-4H2/t5-,6-,7+,8-,9?/m1/s1. The molecular formula is C9H18O7. The van der Waals surface area contributed by atoms with Crippen LogP contribution in [-0.2, 0) is 9.47 Å². The monoisotopic (exact) mass is 238 g/mol. The molecule has 7 heteroatoms. The Morgan fingerprint density at radius 3 is 2.31 bits per heavy atom. The molecule has 1 saturated heterocycles. The van der Waals surface area contributed by atoms with Gasteiger partial charge in [0.05, 0.1) is 6.61 Å². The molecule has 5 atom stereocenters. The molecule has 16 heavy (non-hydrogen) atoms. The first kappa shape index (κ1) is 13.8. The lowest BCUT2D eigenvalue weighted by Gasteiger charge is -2.39. The summed E-state index contributed by atoms with van der Waals surface area (Å²) in [5, 5.41) is 46.0. The van der Waals surface area contributed by atoms with Crippen LogP contribution in [0.2, 0.25) is 0 Å². The Morgan fingerprint density at radius 1 is 1.06 bits per heavy atom. The summed E-state index contributed by atoms with van der Waals surface area (Å²) in [6, 6.07) is 0. The normalized spacial score (nSPS) is 39.9. The molecule has 0 aromatic carbocycles. The summed E-state index contributed by atoms with van der Waals surface area (Å²) in [7, 11) is 0. The molecule has 5 N–H and O–H groups in total. The Kier molecular flexibility index (Phi) is 5.56. The maximum Gasteiger partial charge on any atom is 0.184 e. The van der Waals surface area contributed by atoms with E-state index >= 15 is 0 Å². The Morgan fingerprint density at radius 2 is 1.75 bits per heavy atom. The number of hydrogen-bond donors (Lipinski definition) is 5. The Balaban J connectivity index is 2.50. The third kappa shape index (κ3) is 3.11. The van der Waals surface area contributed by atoms with Crippen molar-refractivity contribution >= 4 is 0 Å². The fraction of sp³-hybridized carbons (Fsp3) is 1.00. The van der Waals surface area contributed by atoms with Gasteiger partial charge in [-0.3, -0.25) is 0 Å². The number of hydrogen-bond acceptors (Lipinski definition) is 7. The smallest absolute Gasteiger partial charge is 0.184 e. The molecule has 1 rings (SSSR count). The molecule has 1 unspecified atom stereocenters. The van der Waals surface area contributed by atoms with E-state index in [0.29, 0.717) is 6.42 Å². The zero-order chi connectivity index (χ0) is 12.1. The van der Waals surface area contributed by atoms with Gasteiger partial charge in [-0.1, -0.05) is 0 Å². The number of rotatable bonds is 5. The van der Waals surface area contributed by atoms with Gasteiger partial charge in [-0.25, -0.2) is 0 Å². The highest BCUT2D eigenvalue weighted by Gasteiger charge is 2.44. The minimum absolute atomic E-state index is 0.0679. The highest BCUT2D eigenvalue weighted by molar-refractivity contribution is 4.89. The SMILES string of the molecule is OCCCO[C@H]1C(O)O[C@H](CO)[C@@H](O)[C@@H]1O. The molecule has 1 fully saturated rings. The van der Waals surface area contributed by atoms with Gasteiger partial charge in [0.2, 0.25) is 0 Å². The van der Waals surface area contributed by atoms with Crippen molar-refractivity contribution in [2.24, 2.45) is 0 Å². The van der Waals surface area contributed by atoms with E-state index in [2.05, 4.69) is 0 Å². The van der Waals surface area contributed by atoms with Crippen molar-refractivity contribution in [3.8, 4) is 0 Å². The Bertz CT molecular complexity index is 200. The molecule has 0 radical (unpaired) electrons. The van der Waals surface area contributed by atoms with Crippen LogP contribution >= 0.6 is 0 Å². The molecular weight excluding hydrogens is 220 g/mol. The topological polar surface area (TPSA) is 120 Å². The van der Waals surface area contributed by atoms with Gasteiger partial charge in [0.15, 0.2) is 6.29 Å². The minimum Gasteiger partial charge on any atom is -0.396 e. The van der Waals surface area contributed by atoms with Gasteiger partial charge in [0, 0.05) is 13.2 Å². The summed E-state index contributed by atoms with van der Waals surface area (Å²) in [5.74, 6) is 0. The Labute approximate surface area is 92.9 Å². The summed E-state index contributed by atoms with van der Waals surface area (Å²) >= 11 is 0. The lowest BCUT2D eigenvalue weighted by molar-refractivity contribution is -0.296. The predicted molar refractivity (Wildman–Crippen MR) is 51.4 cm³/mol. The highest BCUT2D eigenvalue weighted by atomic mass is 16.7. The second-order valence-electron chi connectivity index (χ2n) is 3.64. The van der Waals surface area contributed by atoms with Gasteiger partial charge in [-0.15, -0.1) is 0 Å². The zero-order valence-corrected chi connectivity index (χ0v) is 8.77. The van der Waals surface area contributed by atoms with E-state index in [9.17, 15) is 15.3 Å². The number of aliphatic hydroxyl groups excluding tert-OH is 5. The van der Waals surface area contributed by atoms with Crippen LogP contribution in [0.1, 0.15) is 6.42 Å². The van der Waals surface area contributed by atoms with Gasteiger partial charge < -0.3 is 35.0 Å².